The van der Waals surface area contributed by atoms with E-state index in [2.05, 4.69) is 43.1 Å². The van der Waals surface area contributed by atoms with Crippen molar-refractivity contribution in [2.75, 3.05) is 7.11 Å². The summed E-state index contributed by atoms with van der Waals surface area (Å²) in [6.45, 7) is 4.50. The lowest BCUT2D eigenvalue weighted by Gasteiger charge is -2.17. The maximum atomic E-state index is 12.4. The topological polar surface area (TPSA) is 42.1 Å². The molecule has 3 nitrogen and oxygen atoms in total. The van der Waals surface area contributed by atoms with E-state index in [9.17, 15) is 4.79 Å². The summed E-state index contributed by atoms with van der Waals surface area (Å²) in [6.07, 6.45) is 3.56. The molecule has 2 aromatic carbocycles. The number of thiophene rings is 1. The van der Waals surface area contributed by atoms with Gasteiger partial charge in [-0.15, -0.1) is 11.3 Å². The van der Waals surface area contributed by atoms with E-state index in [0.717, 1.165) is 44.3 Å². The van der Waals surface area contributed by atoms with Gasteiger partial charge in [0.25, 0.3) is 5.56 Å². The molecule has 1 atom stereocenters. The lowest BCUT2D eigenvalue weighted by molar-refractivity contribution is 0.417. The Balaban J connectivity index is 1.95. The number of benzene rings is 2. The molecule has 1 unspecified atom stereocenters. The molecule has 0 radical (unpaired) electrons. The molecule has 0 aliphatic carbocycles. The lowest BCUT2D eigenvalue weighted by Crippen LogP contribution is -2.05. The van der Waals surface area contributed by atoms with E-state index in [-0.39, 0.29) is 5.56 Å². The van der Waals surface area contributed by atoms with E-state index in [1.165, 1.54) is 29.7 Å². The van der Waals surface area contributed by atoms with Crippen LogP contribution in [0.4, 0.5) is 0 Å². The van der Waals surface area contributed by atoms with Crippen molar-refractivity contribution in [3.8, 4) is 16.9 Å². The molecule has 28 heavy (non-hydrogen) atoms. The predicted octanol–water partition coefficient (Wildman–Crippen LogP) is 6.71. The summed E-state index contributed by atoms with van der Waals surface area (Å²) in [5, 5.41) is 4.00. The van der Waals surface area contributed by atoms with Gasteiger partial charge in [-0.05, 0) is 53.5 Å². The Morgan fingerprint density at radius 3 is 2.54 bits per heavy atom. The Morgan fingerprint density at radius 1 is 1.07 bits per heavy atom. The molecule has 0 aliphatic heterocycles. The van der Waals surface area contributed by atoms with Crippen LogP contribution < -0.4 is 10.3 Å². The van der Waals surface area contributed by atoms with Crippen molar-refractivity contribution in [1.29, 1.82) is 0 Å². The molecular weight excluding hydrogens is 366 g/mol. The summed E-state index contributed by atoms with van der Waals surface area (Å²) < 4.78 is 6.47. The maximum absolute atomic E-state index is 12.4. The zero-order valence-electron chi connectivity index (χ0n) is 16.5. The minimum atomic E-state index is -0.0330. The SMILES string of the molecule is CCCC(CC)c1ccc(-c2c(OC)ccc3[nH]c(=O)c4sccc4c23)cc1. The molecule has 144 valence electrons. The van der Waals surface area contributed by atoms with Gasteiger partial charge in [0.2, 0.25) is 0 Å². The molecule has 0 spiro atoms. The summed E-state index contributed by atoms with van der Waals surface area (Å²) in [7, 11) is 1.70. The van der Waals surface area contributed by atoms with E-state index >= 15 is 0 Å². The van der Waals surface area contributed by atoms with Crippen LogP contribution in [-0.2, 0) is 0 Å². The molecule has 0 saturated carbocycles. The number of fused-ring (bicyclic) bond motifs is 3. The smallest absolute Gasteiger partial charge is 0.266 e. The van der Waals surface area contributed by atoms with Gasteiger partial charge in [-0.25, -0.2) is 0 Å². The number of hydrogen-bond donors (Lipinski definition) is 1. The van der Waals surface area contributed by atoms with Gasteiger partial charge in [0.15, 0.2) is 0 Å². The van der Waals surface area contributed by atoms with Crippen LogP contribution in [0.25, 0.3) is 32.1 Å². The minimum absolute atomic E-state index is 0.0330. The van der Waals surface area contributed by atoms with Gasteiger partial charge >= 0.3 is 0 Å². The van der Waals surface area contributed by atoms with E-state index in [1.54, 1.807) is 7.11 Å². The molecule has 2 heterocycles. The maximum Gasteiger partial charge on any atom is 0.266 e. The second-order valence-corrected chi connectivity index (χ2v) is 8.11. The lowest BCUT2D eigenvalue weighted by atomic mass is 9.90. The third-order valence-electron chi connectivity index (χ3n) is 5.58. The van der Waals surface area contributed by atoms with Crippen LogP contribution >= 0.6 is 11.3 Å². The molecule has 2 aromatic heterocycles. The van der Waals surface area contributed by atoms with Crippen LogP contribution in [0.3, 0.4) is 0 Å². The third-order valence-corrected chi connectivity index (χ3v) is 6.49. The van der Waals surface area contributed by atoms with E-state index < -0.39 is 0 Å². The zero-order chi connectivity index (χ0) is 19.7. The average Bonchev–Trinajstić information content (AvgIpc) is 3.22. The Kier molecular flexibility index (Phi) is 5.23. The van der Waals surface area contributed by atoms with Crippen LogP contribution in [-0.4, -0.2) is 12.1 Å². The molecule has 4 rings (SSSR count). The number of nitrogens with one attached hydrogen (secondary N) is 1. The zero-order valence-corrected chi connectivity index (χ0v) is 17.4. The molecule has 1 N–H and O–H groups in total. The Bertz CT molecular complexity index is 1170. The average molecular weight is 392 g/mol. The van der Waals surface area contributed by atoms with Gasteiger partial charge in [0, 0.05) is 21.9 Å². The first-order chi connectivity index (χ1) is 13.7. The fraction of sp³-hybridized carbons (Fsp3) is 0.292. The van der Waals surface area contributed by atoms with Gasteiger partial charge < -0.3 is 9.72 Å². The number of rotatable bonds is 6. The van der Waals surface area contributed by atoms with Gasteiger partial charge in [0.1, 0.15) is 10.4 Å². The summed E-state index contributed by atoms with van der Waals surface area (Å²) >= 11 is 1.48. The van der Waals surface area contributed by atoms with Crippen molar-refractivity contribution in [3.05, 3.63) is 63.8 Å². The van der Waals surface area contributed by atoms with Crippen LogP contribution in [0.2, 0.25) is 0 Å². The van der Waals surface area contributed by atoms with Crippen LogP contribution in [0.15, 0.2) is 52.6 Å². The van der Waals surface area contributed by atoms with Crippen molar-refractivity contribution in [3.63, 3.8) is 0 Å². The van der Waals surface area contributed by atoms with E-state index in [1.807, 2.05) is 23.6 Å². The molecule has 0 amide bonds. The predicted molar refractivity (Wildman–Crippen MR) is 120 cm³/mol. The van der Waals surface area contributed by atoms with Crippen molar-refractivity contribution < 1.29 is 4.74 Å². The van der Waals surface area contributed by atoms with Gasteiger partial charge in [-0.3, -0.25) is 4.79 Å². The first kappa shape index (κ1) is 18.8. The van der Waals surface area contributed by atoms with Crippen LogP contribution in [0.5, 0.6) is 5.75 Å². The van der Waals surface area contributed by atoms with Crippen molar-refractivity contribution in [1.82, 2.24) is 4.98 Å². The number of H-pyrrole nitrogens is 1. The number of hydrogen-bond acceptors (Lipinski definition) is 3. The molecule has 0 aliphatic rings. The molecule has 4 heteroatoms. The number of aromatic amines is 1. The van der Waals surface area contributed by atoms with Crippen molar-refractivity contribution in [2.24, 2.45) is 0 Å². The second kappa shape index (κ2) is 7.80. The summed E-state index contributed by atoms with van der Waals surface area (Å²) in [6, 6.07) is 14.8. The summed E-state index contributed by atoms with van der Waals surface area (Å²) in [4.78, 5) is 15.4. The van der Waals surface area contributed by atoms with Crippen LogP contribution in [0, 0.1) is 0 Å². The van der Waals surface area contributed by atoms with E-state index in [4.69, 9.17) is 4.74 Å². The molecule has 0 fully saturated rings. The molecular formula is C24H25NO2S. The molecule has 0 bridgehead atoms. The highest BCUT2D eigenvalue weighted by Crippen LogP contribution is 2.40. The standard InChI is InChI=1S/C24H25NO2S/c1-4-6-15(5-2)16-7-9-17(10-8-16)21-20(27-3)12-11-19-22(21)18-13-14-28-23(18)24(26)25-19/h7-15H,4-6H2,1-3H3,(H,25,26). The summed E-state index contributed by atoms with van der Waals surface area (Å²) in [5.41, 5.74) is 4.34. The first-order valence-electron chi connectivity index (χ1n) is 9.88. The normalized spacial score (nSPS) is 12.5. The Morgan fingerprint density at radius 2 is 1.86 bits per heavy atom. The van der Waals surface area contributed by atoms with Crippen molar-refractivity contribution >= 4 is 32.3 Å². The van der Waals surface area contributed by atoms with Crippen molar-refractivity contribution in [2.45, 2.75) is 39.0 Å². The third kappa shape index (κ3) is 3.12. The Labute approximate surface area is 169 Å². The number of aromatic nitrogens is 1. The number of pyridine rings is 1. The number of methoxy groups -OCH3 is 1. The highest BCUT2D eigenvalue weighted by Gasteiger charge is 2.17. The van der Waals surface area contributed by atoms with E-state index in [0.29, 0.717) is 5.92 Å². The second-order valence-electron chi connectivity index (χ2n) is 7.20. The molecule has 0 saturated heterocycles. The quantitative estimate of drug-likeness (QED) is 0.397. The van der Waals surface area contributed by atoms with Gasteiger partial charge in [-0.2, -0.15) is 0 Å². The summed E-state index contributed by atoms with van der Waals surface area (Å²) in [5.74, 6) is 1.42. The first-order valence-corrected chi connectivity index (χ1v) is 10.8. The van der Waals surface area contributed by atoms with Crippen LogP contribution in [0.1, 0.15) is 44.6 Å². The van der Waals surface area contributed by atoms with Gasteiger partial charge in [0.05, 0.1) is 7.11 Å². The Hall–Kier alpha value is -2.59. The largest absolute Gasteiger partial charge is 0.496 e. The minimum Gasteiger partial charge on any atom is -0.496 e. The fourth-order valence-electron chi connectivity index (χ4n) is 4.16. The van der Waals surface area contributed by atoms with Gasteiger partial charge in [-0.1, -0.05) is 44.5 Å². The highest BCUT2D eigenvalue weighted by atomic mass is 32.1. The monoisotopic (exact) mass is 391 g/mol. The number of ether oxygens (including phenoxy) is 1. The molecule has 4 aromatic rings. The fourth-order valence-corrected chi connectivity index (χ4v) is 4.96. The highest BCUT2D eigenvalue weighted by molar-refractivity contribution is 7.17.